The molecular weight excluding hydrogens is 210 g/mol. The second-order valence-electron chi connectivity index (χ2n) is 3.31. The standard InChI is InChI=1S/C11H13NO4/c1-16-11(15)8-4-2-7(6-9(8)12)3-5-10(13)14/h2,4,6H,3,5,12H2,1H3,(H,13,14). The lowest BCUT2D eigenvalue weighted by Crippen LogP contribution is -2.06. The maximum atomic E-state index is 11.2. The predicted octanol–water partition coefficient (Wildman–Crippen LogP) is 1.07. The van der Waals surface area contributed by atoms with Gasteiger partial charge in [-0.3, -0.25) is 4.79 Å². The van der Waals surface area contributed by atoms with Gasteiger partial charge in [0.05, 0.1) is 12.7 Å². The highest BCUT2D eigenvalue weighted by Crippen LogP contribution is 2.16. The molecule has 0 aliphatic rings. The Labute approximate surface area is 92.8 Å². The number of carboxylic acid groups (broad SMARTS) is 1. The van der Waals surface area contributed by atoms with E-state index in [2.05, 4.69) is 4.74 Å². The minimum atomic E-state index is -0.865. The van der Waals surface area contributed by atoms with Crippen molar-refractivity contribution in [1.82, 2.24) is 0 Å². The molecule has 0 amide bonds. The van der Waals surface area contributed by atoms with Crippen molar-refractivity contribution in [2.45, 2.75) is 12.8 Å². The smallest absolute Gasteiger partial charge is 0.339 e. The lowest BCUT2D eigenvalue weighted by atomic mass is 10.1. The fourth-order valence-corrected chi connectivity index (χ4v) is 1.31. The van der Waals surface area contributed by atoms with Crippen molar-refractivity contribution in [3.63, 3.8) is 0 Å². The Morgan fingerprint density at radius 2 is 2.12 bits per heavy atom. The van der Waals surface area contributed by atoms with E-state index in [4.69, 9.17) is 10.8 Å². The lowest BCUT2D eigenvalue weighted by Gasteiger charge is -2.05. The van der Waals surface area contributed by atoms with Crippen molar-refractivity contribution >= 4 is 17.6 Å². The fourth-order valence-electron chi connectivity index (χ4n) is 1.31. The third-order valence-corrected chi connectivity index (χ3v) is 2.15. The molecule has 0 bridgehead atoms. The molecule has 0 saturated heterocycles. The number of methoxy groups -OCH3 is 1. The average molecular weight is 223 g/mol. The van der Waals surface area contributed by atoms with Crippen LogP contribution in [0.15, 0.2) is 18.2 Å². The summed E-state index contributed by atoms with van der Waals surface area (Å²) in [6, 6.07) is 4.80. The highest BCUT2D eigenvalue weighted by Gasteiger charge is 2.10. The SMILES string of the molecule is COC(=O)c1ccc(CCC(=O)O)cc1N. The van der Waals surface area contributed by atoms with E-state index in [1.54, 1.807) is 18.2 Å². The Morgan fingerprint density at radius 3 is 2.62 bits per heavy atom. The highest BCUT2D eigenvalue weighted by atomic mass is 16.5. The van der Waals surface area contributed by atoms with E-state index in [0.717, 1.165) is 5.56 Å². The van der Waals surface area contributed by atoms with E-state index in [-0.39, 0.29) is 6.42 Å². The van der Waals surface area contributed by atoms with Crippen molar-refractivity contribution in [2.24, 2.45) is 0 Å². The molecule has 0 radical (unpaired) electrons. The maximum absolute atomic E-state index is 11.2. The number of hydrogen-bond donors (Lipinski definition) is 2. The lowest BCUT2D eigenvalue weighted by molar-refractivity contribution is -0.136. The summed E-state index contributed by atoms with van der Waals surface area (Å²) in [5.74, 6) is -1.36. The third kappa shape index (κ3) is 2.98. The van der Waals surface area contributed by atoms with Gasteiger partial charge in [-0.05, 0) is 24.1 Å². The molecule has 0 aliphatic heterocycles. The molecule has 0 saturated carbocycles. The number of nitrogens with two attached hydrogens (primary N) is 1. The van der Waals surface area contributed by atoms with Gasteiger partial charge in [-0.2, -0.15) is 0 Å². The number of carbonyl (C=O) groups excluding carboxylic acids is 1. The van der Waals surface area contributed by atoms with Gasteiger partial charge in [0, 0.05) is 12.1 Å². The van der Waals surface area contributed by atoms with Crippen LogP contribution < -0.4 is 5.73 Å². The molecule has 0 spiro atoms. The van der Waals surface area contributed by atoms with Crippen molar-refractivity contribution in [3.8, 4) is 0 Å². The number of carbonyl (C=O) groups is 2. The Bertz CT molecular complexity index is 414. The van der Waals surface area contributed by atoms with Crippen LogP contribution in [0.1, 0.15) is 22.3 Å². The highest BCUT2D eigenvalue weighted by molar-refractivity contribution is 5.95. The van der Waals surface area contributed by atoms with E-state index >= 15 is 0 Å². The summed E-state index contributed by atoms with van der Waals surface area (Å²) < 4.78 is 4.54. The topological polar surface area (TPSA) is 89.6 Å². The summed E-state index contributed by atoms with van der Waals surface area (Å²) in [6.07, 6.45) is 0.429. The van der Waals surface area contributed by atoms with Crippen LogP contribution in [-0.2, 0) is 16.0 Å². The number of benzene rings is 1. The molecule has 1 rings (SSSR count). The zero-order valence-electron chi connectivity index (χ0n) is 8.90. The van der Waals surface area contributed by atoms with E-state index < -0.39 is 11.9 Å². The molecule has 0 fully saturated rings. The summed E-state index contributed by atoms with van der Waals surface area (Å²) in [5.41, 5.74) is 7.03. The molecule has 86 valence electrons. The van der Waals surface area contributed by atoms with Crippen molar-refractivity contribution in [2.75, 3.05) is 12.8 Å². The van der Waals surface area contributed by atoms with Crippen LogP contribution in [0.25, 0.3) is 0 Å². The first-order valence-corrected chi connectivity index (χ1v) is 4.73. The number of aliphatic carboxylic acids is 1. The van der Waals surface area contributed by atoms with Crippen LogP contribution in [0, 0.1) is 0 Å². The van der Waals surface area contributed by atoms with Gasteiger partial charge >= 0.3 is 11.9 Å². The molecule has 0 atom stereocenters. The average Bonchev–Trinajstić information content (AvgIpc) is 2.25. The van der Waals surface area contributed by atoms with E-state index in [1.807, 2.05) is 0 Å². The molecule has 3 N–H and O–H groups in total. The van der Waals surface area contributed by atoms with Crippen molar-refractivity contribution in [1.29, 1.82) is 0 Å². The first-order valence-electron chi connectivity index (χ1n) is 4.73. The minimum absolute atomic E-state index is 0.0387. The van der Waals surface area contributed by atoms with E-state index in [1.165, 1.54) is 7.11 Å². The summed E-state index contributed by atoms with van der Waals surface area (Å²) in [6.45, 7) is 0. The quantitative estimate of drug-likeness (QED) is 0.588. The Kier molecular flexibility index (Phi) is 3.88. The molecule has 5 heteroatoms. The molecular formula is C11H13NO4. The predicted molar refractivity (Wildman–Crippen MR) is 58.2 cm³/mol. The molecule has 5 nitrogen and oxygen atoms in total. The number of nitrogen functional groups attached to an aromatic ring is 1. The minimum Gasteiger partial charge on any atom is -0.481 e. The first-order chi connectivity index (χ1) is 7.54. The van der Waals surface area contributed by atoms with Crippen molar-refractivity contribution < 1.29 is 19.4 Å². The van der Waals surface area contributed by atoms with Gasteiger partial charge in [0.15, 0.2) is 0 Å². The van der Waals surface area contributed by atoms with Crippen LogP contribution in [0.5, 0.6) is 0 Å². The molecule has 1 aromatic carbocycles. The van der Waals surface area contributed by atoms with Gasteiger partial charge in [0.25, 0.3) is 0 Å². The molecule has 1 aromatic rings. The number of carboxylic acids is 1. The van der Waals surface area contributed by atoms with Crippen LogP contribution in [0.3, 0.4) is 0 Å². The van der Waals surface area contributed by atoms with Gasteiger partial charge in [-0.1, -0.05) is 6.07 Å². The van der Waals surface area contributed by atoms with Crippen LogP contribution in [0.2, 0.25) is 0 Å². The first kappa shape index (κ1) is 12.0. The Morgan fingerprint density at radius 1 is 1.44 bits per heavy atom. The van der Waals surface area contributed by atoms with Crippen LogP contribution in [-0.4, -0.2) is 24.2 Å². The maximum Gasteiger partial charge on any atom is 0.339 e. The summed E-state index contributed by atoms with van der Waals surface area (Å²) >= 11 is 0. The Balaban J connectivity index is 2.82. The van der Waals surface area contributed by atoms with Crippen LogP contribution >= 0.6 is 0 Å². The molecule has 0 aliphatic carbocycles. The number of anilines is 1. The fraction of sp³-hybridized carbons (Fsp3) is 0.273. The van der Waals surface area contributed by atoms with Crippen molar-refractivity contribution in [3.05, 3.63) is 29.3 Å². The molecule has 0 heterocycles. The van der Waals surface area contributed by atoms with Gasteiger partial charge in [-0.25, -0.2) is 4.79 Å². The number of rotatable bonds is 4. The van der Waals surface area contributed by atoms with Gasteiger partial charge in [-0.15, -0.1) is 0 Å². The van der Waals surface area contributed by atoms with E-state index in [9.17, 15) is 9.59 Å². The van der Waals surface area contributed by atoms with Gasteiger partial charge in [0.1, 0.15) is 0 Å². The number of aryl methyl sites for hydroxylation is 1. The van der Waals surface area contributed by atoms with Crippen LogP contribution in [0.4, 0.5) is 5.69 Å². The molecule has 0 aromatic heterocycles. The molecule has 0 unspecified atom stereocenters. The second kappa shape index (κ2) is 5.16. The number of hydrogen-bond acceptors (Lipinski definition) is 4. The summed E-state index contributed by atoms with van der Waals surface area (Å²) in [4.78, 5) is 21.6. The zero-order chi connectivity index (χ0) is 12.1. The summed E-state index contributed by atoms with van der Waals surface area (Å²) in [5, 5.41) is 8.52. The number of ether oxygens (including phenoxy) is 1. The largest absolute Gasteiger partial charge is 0.481 e. The van der Waals surface area contributed by atoms with Gasteiger partial charge < -0.3 is 15.6 Å². The van der Waals surface area contributed by atoms with Gasteiger partial charge in [0.2, 0.25) is 0 Å². The van der Waals surface area contributed by atoms with E-state index in [0.29, 0.717) is 17.7 Å². The number of esters is 1. The normalized spacial score (nSPS) is 9.81. The Hall–Kier alpha value is -2.04. The second-order valence-corrected chi connectivity index (χ2v) is 3.31. The monoisotopic (exact) mass is 223 g/mol. The third-order valence-electron chi connectivity index (χ3n) is 2.15. The zero-order valence-corrected chi connectivity index (χ0v) is 8.90. The summed E-state index contributed by atoms with van der Waals surface area (Å²) in [7, 11) is 1.28. The molecule has 16 heavy (non-hydrogen) atoms.